The number of likely N-dealkylation sites (tertiary alicyclic amines) is 1. The first-order valence-electron chi connectivity index (χ1n) is 8.70. The molecule has 0 saturated carbocycles. The van der Waals surface area contributed by atoms with Crippen molar-refractivity contribution in [3.8, 4) is 0 Å². The molecule has 0 aromatic heterocycles. The lowest BCUT2D eigenvalue weighted by molar-refractivity contribution is 0.000170. The topological polar surface area (TPSA) is 23.5 Å². The number of piperidine rings is 1. The maximum Gasteiger partial charge on any atom is 0.0986 e. The summed E-state index contributed by atoms with van der Waals surface area (Å²) in [4.78, 5) is 2.49. The van der Waals surface area contributed by atoms with Crippen LogP contribution in [-0.2, 0) is 0 Å². The van der Waals surface area contributed by atoms with Crippen molar-refractivity contribution in [1.29, 1.82) is 0 Å². The molecule has 1 aliphatic rings. The summed E-state index contributed by atoms with van der Waals surface area (Å²) in [6, 6.07) is 21.0. The molecule has 0 radical (unpaired) electrons. The van der Waals surface area contributed by atoms with Gasteiger partial charge < -0.3 is 5.11 Å². The Labute approximate surface area is 139 Å². The standard InChI is InChI=1S/C21H27NO/c1-16-13-14-22(17(2)15-16)20(18-9-5-3-6-10-18)21(23)19-11-7-4-8-12-19/h3-12,16-17,20-21,23H,13-15H2,1-2H3/t16-,17+,20-,21+/m1/s1. The highest BCUT2D eigenvalue weighted by Gasteiger charge is 2.34. The normalized spacial score (nSPS) is 25.0. The van der Waals surface area contributed by atoms with Crippen molar-refractivity contribution in [3.63, 3.8) is 0 Å². The quantitative estimate of drug-likeness (QED) is 0.893. The average molecular weight is 309 g/mol. The van der Waals surface area contributed by atoms with Crippen LogP contribution < -0.4 is 0 Å². The highest BCUT2D eigenvalue weighted by molar-refractivity contribution is 5.26. The highest BCUT2D eigenvalue weighted by Crippen LogP contribution is 2.38. The lowest BCUT2D eigenvalue weighted by Crippen LogP contribution is -2.44. The Balaban J connectivity index is 1.94. The lowest BCUT2D eigenvalue weighted by atomic mass is 9.87. The van der Waals surface area contributed by atoms with Gasteiger partial charge in [0.1, 0.15) is 0 Å². The first-order valence-corrected chi connectivity index (χ1v) is 8.70. The first kappa shape index (κ1) is 16.2. The summed E-state index contributed by atoms with van der Waals surface area (Å²) in [6.07, 6.45) is 1.90. The molecule has 0 amide bonds. The second-order valence-corrected chi connectivity index (χ2v) is 6.93. The number of hydrogen-bond donors (Lipinski definition) is 1. The van der Waals surface area contributed by atoms with Gasteiger partial charge in [0, 0.05) is 6.04 Å². The van der Waals surface area contributed by atoms with Gasteiger partial charge in [-0.25, -0.2) is 0 Å². The van der Waals surface area contributed by atoms with Gasteiger partial charge in [-0.2, -0.15) is 0 Å². The summed E-state index contributed by atoms with van der Waals surface area (Å²) in [5.74, 6) is 0.770. The molecule has 0 unspecified atom stereocenters. The first-order chi connectivity index (χ1) is 11.2. The minimum Gasteiger partial charge on any atom is -0.386 e. The third kappa shape index (κ3) is 3.65. The predicted octanol–water partition coefficient (Wildman–Crippen LogP) is 4.58. The van der Waals surface area contributed by atoms with E-state index < -0.39 is 6.10 Å². The molecule has 2 aromatic carbocycles. The highest BCUT2D eigenvalue weighted by atomic mass is 16.3. The van der Waals surface area contributed by atoms with Gasteiger partial charge in [-0.05, 0) is 43.4 Å². The van der Waals surface area contributed by atoms with Crippen LogP contribution in [0.2, 0.25) is 0 Å². The van der Waals surface area contributed by atoms with Crippen LogP contribution in [0.5, 0.6) is 0 Å². The van der Waals surface area contributed by atoms with E-state index in [-0.39, 0.29) is 6.04 Å². The van der Waals surface area contributed by atoms with Crippen molar-refractivity contribution in [3.05, 3.63) is 71.8 Å². The molecule has 2 aromatic rings. The summed E-state index contributed by atoms with van der Waals surface area (Å²) in [6.45, 7) is 5.67. The summed E-state index contributed by atoms with van der Waals surface area (Å²) >= 11 is 0. The Bertz CT molecular complexity index is 598. The fourth-order valence-electron chi connectivity index (χ4n) is 3.88. The van der Waals surface area contributed by atoms with Crippen molar-refractivity contribution in [2.24, 2.45) is 5.92 Å². The molecule has 122 valence electrons. The fourth-order valence-corrected chi connectivity index (χ4v) is 3.88. The van der Waals surface area contributed by atoms with Crippen molar-refractivity contribution in [2.75, 3.05) is 6.54 Å². The molecule has 4 atom stereocenters. The molecule has 0 spiro atoms. The summed E-state index contributed by atoms with van der Waals surface area (Å²) in [7, 11) is 0. The van der Waals surface area contributed by atoms with Crippen molar-refractivity contribution < 1.29 is 5.11 Å². The Morgan fingerprint density at radius 3 is 2.04 bits per heavy atom. The van der Waals surface area contributed by atoms with E-state index in [2.05, 4.69) is 43.0 Å². The van der Waals surface area contributed by atoms with Crippen LogP contribution >= 0.6 is 0 Å². The molecular formula is C21H27NO. The summed E-state index contributed by atoms with van der Waals surface area (Å²) in [5.41, 5.74) is 2.19. The SMILES string of the molecule is C[C@@H]1CCN([C@H](c2ccccc2)[C@@H](O)c2ccccc2)[C@@H](C)C1. The minimum absolute atomic E-state index is 0.0149. The Kier molecular flexibility index (Phi) is 5.14. The van der Waals surface area contributed by atoms with Crippen LogP contribution in [0.1, 0.15) is 50.0 Å². The van der Waals surface area contributed by atoms with Gasteiger partial charge in [0.25, 0.3) is 0 Å². The largest absolute Gasteiger partial charge is 0.386 e. The molecule has 0 bridgehead atoms. The average Bonchev–Trinajstić information content (AvgIpc) is 2.59. The maximum absolute atomic E-state index is 11.1. The number of aliphatic hydroxyl groups is 1. The second kappa shape index (κ2) is 7.29. The van der Waals surface area contributed by atoms with E-state index in [1.54, 1.807) is 0 Å². The summed E-state index contributed by atoms with van der Waals surface area (Å²) in [5, 5.41) is 11.1. The van der Waals surface area contributed by atoms with E-state index in [4.69, 9.17) is 0 Å². The van der Waals surface area contributed by atoms with Crippen LogP contribution in [0.25, 0.3) is 0 Å². The molecule has 1 aliphatic heterocycles. The van der Waals surface area contributed by atoms with Gasteiger partial charge >= 0.3 is 0 Å². The van der Waals surface area contributed by atoms with Crippen molar-refractivity contribution >= 4 is 0 Å². The molecule has 23 heavy (non-hydrogen) atoms. The zero-order valence-corrected chi connectivity index (χ0v) is 14.1. The van der Waals surface area contributed by atoms with E-state index in [0.717, 1.165) is 18.0 Å². The van der Waals surface area contributed by atoms with Gasteiger partial charge in [0.15, 0.2) is 0 Å². The van der Waals surface area contributed by atoms with Crippen LogP contribution in [0, 0.1) is 5.92 Å². The lowest BCUT2D eigenvalue weighted by Gasteiger charge is -2.43. The molecule has 1 N–H and O–H groups in total. The van der Waals surface area contributed by atoms with Crippen LogP contribution in [-0.4, -0.2) is 22.6 Å². The predicted molar refractivity (Wildman–Crippen MR) is 95.2 cm³/mol. The van der Waals surface area contributed by atoms with Gasteiger partial charge in [-0.1, -0.05) is 67.6 Å². The van der Waals surface area contributed by atoms with Gasteiger partial charge in [0.05, 0.1) is 12.1 Å². The molecule has 2 heteroatoms. The van der Waals surface area contributed by atoms with Crippen LogP contribution in [0.3, 0.4) is 0 Å². The van der Waals surface area contributed by atoms with Gasteiger partial charge in [-0.3, -0.25) is 4.90 Å². The molecule has 3 rings (SSSR count). The molecule has 1 heterocycles. The number of benzene rings is 2. The maximum atomic E-state index is 11.1. The van der Waals surface area contributed by atoms with Gasteiger partial charge in [0.2, 0.25) is 0 Å². The van der Waals surface area contributed by atoms with Crippen LogP contribution in [0.15, 0.2) is 60.7 Å². The van der Waals surface area contributed by atoms with Crippen molar-refractivity contribution in [2.45, 2.75) is 44.9 Å². The smallest absolute Gasteiger partial charge is 0.0986 e. The van der Waals surface area contributed by atoms with E-state index >= 15 is 0 Å². The molecule has 1 fully saturated rings. The number of nitrogens with zero attached hydrogens (tertiary/aromatic N) is 1. The minimum atomic E-state index is -0.505. The van der Waals surface area contributed by atoms with Crippen LogP contribution in [0.4, 0.5) is 0 Å². The monoisotopic (exact) mass is 309 g/mol. The summed E-state index contributed by atoms with van der Waals surface area (Å²) < 4.78 is 0. The number of aliphatic hydroxyl groups excluding tert-OH is 1. The molecule has 2 nitrogen and oxygen atoms in total. The Morgan fingerprint density at radius 2 is 1.48 bits per heavy atom. The zero-order chi connectivity index (χ0) is 16.2. The fraction of sp³-hybridized carbons (Fsp3) is 0.429. The third-order valence-electron chi connectivity index (χ3n) is 5.13. The van der Waals surface area contributed by atoms with Gasteiger partial charge in [-0.15, -0.1) is 0 Å². The number of hydrogen-bond acceptors (Lipinski definition) is 2. The van der Waals surface area contributed by atoms with E-state index in [9.17, 15) is 5.11 Å². The van der Waals surface area contributed by atoms with Crippen molar-refractivity contribution in [1.82, 2.24) is 4.90 Å². The van der Waals surface area contributed by atoms with E-state index in [1.165, 1.54) is 18.4 Å². The second-order valence-electron chi connectivity index (χ2n) is 6.93. The Morgan fingerprint density at radius 1 is 0.913 bits per heavy atom. The zero-order valence-electron chi connectivity index (χ0n) is 14.1. The van der Waals surface area contributed by atoms with E-state index in [1.807, 2.05) is 36.4 Å². The molecular weight excluding hydrogens is 282 g/mol. The Hall–Kier alpha value is -1.64. The molecule has 0 aliphatic carbocycles. The van der Waals surface area contributed by atoms with E-state index in [0.29, 0.717) is 6.04 Å². The number of rotatable bonds is 4. The molecule has 1 saturated heterocycles. The third-order valence-corrected chi connectivity index (χ3v) is 5.13.